The molecule has 56 heavy (non-hydrogen) atoms. The standard InChI is InChI=1S/C43H34N4O7S2/c1-27-16-20-29(21-17-27)35-26-55-42(37(35)43(51)54-2)46-41(50)38(30-10-5-3-6-11-30)56-34-15-9-14-32(25-34)44-40(49)36(45-39(48)31-12-7-4-8-13-31)24-28-18-22-33(23-19-28)47(52)53/h3-26,38H,1-2H3,(H,44,49)(H,45,48)(H,46,50)/b36-24+. The molecular weight excluding hydrogens is 749 g/mol. The summed E-state index contributed by atoms with van der Waals surface area (Å²) < 4.78 is 5.12. The number of nitro benzene ring substituents is 1. The van der Waals surface area contributed by atoms with Crippen LogP contribution in [0.15, 0.2) is 149 Å². The molecule has 3 N–H and O–H groups in total. The predicted octanol–water partition coefficient (Wildman–Crippen LogP) is 9.30. The zero-order chi connectivity index (χ0) is 39.6. The Labute approximate surface area is 330 Å². The Bertz CT molecular complexity index is 2420. The van der Waals surface area contributed by atoms with Crippen LogP contribution in [0.3, 0.4) is 0 Å². The molecule has 0 aliphatic carbocycles. The van der Waals surface area contributed by atoms with Gasteiger partial charge in [0.25, 0.3) is 17.5 Å². The fraction of sp³-hybridized carbons (Fsp3) is 0.0698. The number of nitrogens with zero attached hydrogens (tertiary/aromatic N) is 1. The number of nitro groups is 1. The van der Waals surface area contributed by atoms with Crippen LogP contribution < -0.4 is 16.0 Å². The van der Waals surface area contributed by atoms with Crippen LogP contribution in [0.2, 0.25) is 0 Å². The molecule has 0 bridgehead atoms. The normalized spacial score (nSPS) is 11.6. The fourth-order valence-corrected chi connectivity index (χ4v) is 7.61. The molecule has 3 amide bonds. The van der Waals surface area contributed by atoms with Crippen LogP contribution in [-0.2, 0) is 14.3 Å². The van der Waals surface area contributed by atoms with E-state index in [1.807, 2.05) is 66.9 Å². The minimum Gasteiger partial charge on any atom is -0.465 e. The molecule has 0 aliphatic rings. The lowest BCUT2D eigenvalue weighted by Crippen LogP contribution is -2.30. The minimum absolute atomic E-state index is 0.102. The highest BCUT2D eigenvalue weighted by atomic mass is 32.2. The maximum absolute atomic E-state index is 14.1. The molecule has 13 heteroatoms. The lowest BCUT2D eigenvalue weighted by atomic mass is 10.0. The molecule has 1 heterocycles. The van der Waals surface area contributed by atoms with Gasteiger partial charge in [0.05, 0.1) is 12.0 Å². The van der Waals surface area contributed by atoms with Crippen LogP contribution in [0.4, 0.5) is 16.4 Å². The molecule has 6 rings (SSSR count). The first kappa shape index (κ1) is 38.9. The third-order valence-corrected chi connectivity index (χ3v) is 10.6. The first-order valence-electron chi connectivity index (χ1n) is 17.1. The van der Waals surface area contributed by atoms with Crippen molar-refractivity contribution in [1.29, 1.82) is 0 Å². The maximum atomic E-state index is 14.1. The first-order valence-corrected chi connectivity index (χ1v) is 18.9. The van der Waals surface area contributed by atoms with Gasteiger partial charge in [-0.3, -0.25) is 24.5 Å². The zero-order valence-corrected chi connectivity index (χ0v) is 31.7. The van der Waals surface area contributed by atoms with Crippen molar-refractivity contribution in [3.8, 4) is 11.1 Å². The van der Waals surface area contributed by atoms with Crippen molar-refractivity contribution in [1.82, 2.24) is 5.32 Å². The van der Waals surface area contributed by atoms with Gasteiger partial charge in [0.15, 0.2) is 0 Å². The molecule has 1 atom stereocenters. The van der Waals surface area contributed by atoms with E-state index in [4.69, 9.17) is 4.74 Å². The Morgan fingerprint density at radius 2 is 1.50 bits per heavy atom. The number of methoxy groups -OCH3 is 1. The average Bonchev–Trinajstić information content (AvgIpc) is 3.63. The number of amides is 3. The summed E-state index contributed by atoms with van der Waals surface area (Å²) in [7, 11) is 1.30. The summed E-state index contributed by atoms with van der Waals surface area (Å²) in [6, 6.07) is 37.7. The van der Waals surface area contributed by atoms with Gasteiger partial charge in [-0.1, -0.05) is 84.4 Å². The maximum Gasteiger partial charge on any atom is 0.341 e. The van der Waals surface area contributed by atoms with Gasteiger partial charge in [-0.25, -0.2) is 4.79 Å². The number of benzene rings is 5. The summed E-state index contributed by atoms with van der Waals surface area (Å²) in [5, 5.41) is 21.0. The van der Waals surface area contributed by atoms with E-state index >= 15 is 0 Å². The molecule has 0 fully saturated rings. The molecule has 0 radical (unpaired) electrons. The highest BCUT2D eigenvalue weighted by Crippen LogP contribution is 2.40. The van der Waals surface area contributed by atoms with E-state index in [2.05, 4.69) is 16.0 Å². The predicted molar refractivity (Wildman–Crippen MR) is 220 cm³/mol. The third-order valence-electron chi connectivity index (χ3n) is 8.41. The Morgan fingerprint density at radius 1 is 0.821 bits per heavy atom. The molecule has 5 aromatic carbocycles. The van der Waals surface area contributed by atoms with Crippen LogP contribution >= 0.6 is 23.1 Å². The number of nitrogens with one attached hydrogen (secondary N) is 3. The Morgan fingerprint density at radius 3 is 2.16 bits per heavy atom. The highest BCUT2D eigenvalue weighted by molar-refractivity contribution is 8.00. The number of carbonyl (C=O) groups is 4. The second-order valence-corrected chi connectivity index (χ2v) is 14.4. The van der Waals surface area contributed by atoms with Gasteiger partial charge < -0.3 is 20.7 Å². The van der Waals surface area contributed by atoms with E-state index in [0.29, 0.717) is 37.8 Å². The Balaban J connectivity index is 1.26. The van der Waals surface area contributed by atoms with Crippen LogP contribution in [0.5, 0.6) is 0 Å². The number of ether oxygens (including phenoxy) is 1. The molecule has 6 aromatic rings. The molecule has 0 aliphatic heterocycles. The van der Waals surface area contributed by atoms with Crippen LogP contribution in [0.25, 0.3) is 17.2 Å². The van der Waals surface area contributed by atoms with Gasteiger partial charge >= 0.3 is 5.97 Å². The summed E-state index contributed by atoms with van der Waals surface area (Å²) in [5.74, 6) is -2.13. The molecule has 0 spiro atoms. The van der Waals surface area contributed by atoms with Gasteiger partial charge in [0.1, 0.15) is 21.5 Å². The average molecular weight is 783 g/mol. The fourth-order valence-electron chi connectivity index (χ4n) is 5.56. The highest BCUT2D eigenvalue weighted by Gasteiger charge is 2.27. The number of rotatable bonds is 13. The van der Waals surface area contributed by atoms with Gasteiger partial charge in [0, 0.05) is 39.2 Å². The first-order chi connectivity index (χ1) is 27.1. The molecule has 280 valence electrons. The number of thioether (sulfide) groups is 1. The van der Waals surface area contributed by atoms with Crippen LogP contribution in [0.1, 0.15) is 42.7 Å². The second-order valence-electron chi connectivity index (χ2n) is 12.3. The van der Waals surface area contributed by atoms with Crippen molar-refractivity contribution in [3.05, 3.63) is 182 Å². The van der Waals surface area contributed by atoms with E-state index in [-0.39, 0.29) is 22.9 Å². The van der Waals surface area contributed by atoms with Crippen LogP contribution in [0, 0.1) is 17.0 Å². The summed E-state index contributed by atoms with van der Waals surface area (Å²) in [6.45, 7) is 1.97. The smallest absolute Gasteiger partial charge is 0.341 e. The van der Waals surface area contributed by atoms with Gasteiger partial charge in [-0.2, -0.15) is 0 Å². The van der Waals surface area contributed by atoms with Crippen molar-refractivity contribution in [3.63, 3.8) is 0 Å². The summed E-state index contributed by atoms with van der Waals surface area (Å²) >= 11 is 2.47. The van der Waals surface area contributed by atoms with Gasteiger partial charge in [-0.15, -0.1) is 23.1 Å². The van der Waals surface area contributed by atoms with E-state index in [1.165, 1.54) is 60.5 Å². The number of anilines is 2. The summed E-state index contributed by atoms with van der Waals surface area (Å²) in [4.78, 5) is 65.4. The van der Waals surface area contributed by atoms with Crippen molar-refractivity contribution in [2.45, 2.75) is 17.1 Å². The Hall–Kier alpha value is -6.83. The van der Waals surface area contributed by atoms with E-state index in [1.54, 1.807) is 54.6 Å². The number of hydrogen-bond donors (Lipinski definition) is 3. The molecular formula is C43H34N4O7S2. The quantitative estimate of drug-likeness (QED) is 0.0344. The molecule has 0 saturated carbocycles. The lowest BCUT2D eigenvalue weighted by Gasteiger charge is -2.18. The number of esters is 1. The van der Waals surface area contributed by atoms with Crippen molar-refractivity contribution in [2.24, 2.45) is 0 Å². The number of hydrogen-bond acceptors (Lipinski definition) is 9. The minimum atomic E-state index is -0.777. The number of non-ortho nitro benzene ring substituents is 1. The number of thiophene rings is 1. The monoisotopic (exact) mass is 782 g/mol. The van der Waals surface area contributed by atoms with E-state index in [0.717, 1.165) is 11.1 Å². The SMILES string of the molecule is COC(=O)c1c(-c2ccc(C)cc2)csc1NC(=O)C(Sc1cccc(NC(=O)/C(=C\c2ccc([N+](=O)[O-])cc2)NC(=O)c2ccccc2)c1)c1ccccc1. The largest absolute Gasteiger partial charge is 0.465 e. The summed E-state index contributed by atoms with van der Waals surface area (Å²) in [6.07, 6.45) is 1.42. The van der Waals surface area contributed by atoms with E-state index in [9.17, 15) is 29.3 Å². The summed E-state index contributed by atoms with van der Waals surface area (Å²) in [5.41, 5.74) is 4.41. The third kappa shape index (κ3) is 9.63. The van der Waals surface area contributed by atoms with Gasteiger partial charge in [0.2, 0.25) is 5.91 Å². The Kier molecular flexibility index (Phi) is 12.5. The number of carbonyl (C=O) groups excluding carboxylic acids is 4. The number of aryl methyl sites for hydroxylation is 1. The van der Waals surface area contributed by atoms with Crippen molar-refractivity contribution >= 4 is 69.2 Å². The van der Waals surface area contributed by atoms with Crippen LogP contribution in [-0.4, -0.2) is 35.7 Å². The molecule has 1 unspecified atom stereocenters. The van der Waals surface area contributed by atoms with Crippen molar-refractivity contribution < 1.29 is 28.8 Å². The van der Waals surface area contributed by atoms with Gasteiger partial charge in [-0.05, 0) is 72.2 Å². The zero-order valence-electron chi connectivity index (χ0n) is 30.1. The molecule has 0 saturated heterocycles. The van der Waals surface area contributed by atoms with E-state index < -0.39 is 28.0 Å². The second kappa shape index (κ2) is 18.0. The van der Waals surface area contributed by atoms with Crippen molar-refractivity contribution in [2.75, 3.05) is 17.7 Å². The molecule has 1 aromatic heterocycles. The lowest BCUT2D eigenvalue weighted by molar-refractivity contribution is -0.384. The topological polar surface area (TPSA) is 157 Å². The molecule has 11 nitrogen and oxygen atoms in total.